The number of benzene rings is 2. The van der Waals surface area contributed by atoms with Gasteiger partial charge in [-0.15, -0.1) is 0 Å². The van der Waals surface area contributed by atoms with Crippen LogP contribution >= 0.6 is 0 Å². The van der Waals surface area contributed by atoms with Gasteiger partial charge >= 0.3 is 0 Å². The van der Waals surface area contributed by atoms with Gasteiger partial charge in [-0.05, 0) is 38.0 Å². The number of halogens is 1. The zero-order valence-corrected chi connectivity index (χ0v) is 13.1. The molecule has 116 valence electrons. The highest BCUT2D eigenvalue weighted by molar-refractivity contribution is 5.77. The van der Waals surface area contributed by atoms with Crippen molar-refractivity contribution in [3.05, 3.63) is 64.5 Å². The normalized spacial score (nSPS) is 10.4. The van der Waals surface area contributed by atoms with Crippen LogP contribution in [0.15, 0.2) is 36.4 Å². The first kappa shape index (κ1) is 16.0. The molecule has 1 amide bonds. The van der Waals surface area contributed by atoms with Crippen molar-refractivity contribution in [2.45, 2.75) is 27.3 Å². The maximum Gasteiger partial charge on any atom is 0.258 e. The summed E-state index contributed by atoms with van der Waals surface area (Å²) in [5.74, 6) is 0.128. The van der Waals surface area contributed by atoms with Crippen LogP contribution in [-0.2, 0) is 11.3 Å². The largest absolute Gasteiger partial charge is 0.483 e. The Bertz CT molecular complexity index is 660. The Labute approximate surface area is 130 Å². The summed E-state index contributed by atoms with van der Waals surface area (Å²) in [5.41, 5.74) is 3.61. The highest BCUT2D eigenvalue weighted by atomic mass is 19.1. The summed E-state index contributed by atoms with van der Waals surface area (Å²) >= 11 is 0. The smallest absolute Gasteiger partial charge is 0.258 e. The molecule has 0 aromatic heterocycles. The van der Waals surface area contributed by atoms with Gasteiger partial charge in [0, 0.05) is 12.1 Å². The first-order valence-electron chi connectivity index (χ1n) is 7.18. The third kappa shape index (κ3) is 4.07. The molecule has 0 heterocycles. The third-order valence-electron chi connectivity index (χ3n) is 3.39. The molecule has 2 rings (SSSR count). The van der Waals surface area contributed by atoms with Crippen LogP contribution in [0.4, 0.5) is 4.39 Å². The molecule has 0 saturated carbocycles. The SMILES string of the molecule is Cc1cc(C)c(OCC(=O)NCc2ccccc2F)c(C)c1. The molecule has 0 unspecified atom stereocenters. The fourth-order valence-corrected chi connectivity index (χ4v) is 2.42. The van der Waals surface area contributed by atoms with E-state index >= 15 is 0 Å². The van der Waals surface area contributed by atoms with Crippen molar-refractivity contribution >= 4 is 5.91 Å². The van der Waals surface area contributed by atoms with Gasteiger partial charge < -0.3 is 10.1 Å². The standard InChI is InChI=1S/C18H20FNO2/c1-12-8-13(2)18(14(3)9-12)22-11-17(21)20-10-15-6-4-5-7-16(15)19/h4-9H,10-11H2,1-3H3,(H,20,21). The van der Waals surface area contributed by atoms with E-state index in [1.165, 1.54) is 6.07 Å². The van der Waals surface area contributed by atoms with Crippen LogP contribution in [-0.4, -0.2) is 12.5 Å². The van der Waals surface area contributed by atoms with Gasteiger partial charge in [0.25, 0.3) is 5.91 Å². The molecule has 0 saturated heterocycles. The second-order valence-electron chi connectivity index (χ2n) is 5.38. The Balaban J connectivity index is 1.90. The Morgan fingerprint density at radius 2 is 1.77 bits per heavy atom. The lowest BCUT2D eigenvalue weighted by atomic mass is 10.1. The van der Waals surface area contributed by atoms with Gasteiger partial charge in [-0.1, -0.05) is 35.9 Å². The highest BCUT2D eigenvalue weighted by Gasteiger charge is 2.09. The molecule has 22 heavy (non-hydrogen) atoms. The predicted octanol–water partition coefficient (Wildman–Crippen LogP) is 3.45. The number of hydrogen-bond donors (Lipinski definition) is 1. The zero-order valence-electron chi connectivity index (χ0n) is 13.1. The van der Waals surface area contributed by atoms with Gasteiger partial charge in [0.1, 0.15) is 11.6 Å². The molecule has 0 fully saturated rings. The van der Waals surface area contributed by atoms with Crippen LogP contribution in [0.5, 0.6) is 5.75 Å². The first-order valence-corrected chi connectivity index (χ1v) is 7.18. The number of amides is 1. The van der Waals surface area contributed by atoms with Crippen molar-refractivity contribution < 1.29 is 13.9 Å². The van der Waals surface area contributed by atoms with Crippen LogP contribution in [0.3, 0.4) is 0 Å². The third-order valence-corrected chi connectivity index (χ3v) is 3.39. The molecule has 3 nitrogen and oxygen atoms in total. The molecular formula is C18H20FNO2. The number of rotatable bonds is 5. The van der Waals surface area contributed by atoms with Crippen molar-refractivity contribution in [2.24, 2.45) is 0 Å². The molecule has 0 bridgehead atoms. The molecule has 2 aromatic carbocycles. The van der Waals surface area contributed by atoms with Gasteiger partial charge in [0.2, 0.25) is 0 Å². The summed E-state index contributed by atoms with van der Waals surface area (Å²) < 4.78 is 19.0. The molecule has 0 aliphatic carbocycles. The number of carbonyl (C=O) groups excluding carboxylic acids is 1. The molecule has 1 N–H and O–H groups in total. The Morgan fingerprint density at radius 1 is 1.14 bits per heavy atom. The second kappa shape index (κ2) is 7.07. The summed E-state index contributed by atoms with van der Waals surface area (Å²) in [5, 5.41) is 2.66. The molecule has 4 heteroatoms. The maximum absolute atomic E-state index is 13.5. The molecular weight excluding hydrogens is 281 g/mol. The van der Waals surface area contributed by atoms with Gasteiger partial charge in [0.05, 0.1) is 0 Å². The van der Waals surface area contributed by atoms with Gasteiger partial charge in [0.15, 0.2) is 6.61 Å². The van der Waals surface area contributed by atoms with Crippen LogP contribution in [0.2, 0.25) is 0 Å². The molecule has 0 aliphatic rings. The lowest BCUT2D eigenvalue weighted by molar-refractivity contribution is -0.123. The highest BCUT2D eigenvalue weighted by Crippen LogP contribution is 2.24. The van der Waals surface area contributed by atoms with Crippen LogP contribution in [0, 0.1) is 26.6 Å². The van der Waals surface area contributed by atoms with E-state index < -0.39 is 0 Å². The summed E-state index contributed by atoms with van der Waals surface area (Å²) in [6.07, 6.45) is 0. The van der Waals surface area contributed by atoms with E-state index in [-0.39, 0.29) is 24.9 Å². The molecule has 2 aromatic rings. The Morgan fingerprint density at radius 3 is 2.41 bits per heavy atom. The molecule has 0 aliphatic heterocycles. The first-order chi connectivity index (χ1) is 10.5. The Hall–Kier alpha value is -2.36. The topological polar surface area (TPSA) is 38.3 Å². The number of aryl methyl sites for hydroxylation is 3. The number of nitrogens with one attached hydrogen (secondary N) is 1. The molecule has 0 radical (unpaired) electrons. The van der Waals surface area contributed by atoms with Gasteiger partial charge in [-0.3, -0.25) is 4.79 Å². The average Bonchev–Trinajstić information content (AvgIpc) is 2.45. The van der Waals surface area contributed by atoms with Crippen molar-refractivity contribution in [3.8, 4) is 5.75 Å². The van der Waals surface area contributed by atoms with Crippen molar-refractivity contribution in [1.82, 2.24) is 5.32 Å². The zero-order chi connectivity index (χ0) is 16.1. The summed E-state index contributed by atoms with van der Waals surface area (Å²) in [4.78, 5) is 11.8. The van der Waals surface area contributed by atoms with E-state index in [4.69, 9.17) is 4.74 Å². The van der Waals surface area contributed by atoms with Gasteiger partial charge in [-0.2, -0.15) is 0 Å². The van der Waals surface area contributed by atoms with Crippen LogP contribution < -0.4 is 10.1 Å². The van der Waals surface area contributed by atoms with E-state index in [2.05, 4.69) is 5.32 Å². The van der Waals surface area contributed by atoms with Crippen molar-refractivity contribution in [2.75, 3.05) is 6.61 Å². The Kier molecular flexibility index (Phi) is 5.15. The summed E-state index contributed by atoms with van der Waals surface area (Å²) in [6, 6.07) is 10.4. The molecule has 0 spiro atoms. The number of ether oxygens (including phenoxy) is 1. The van der Waals surface area contributed by atoms with E-state index in [0.29, 0.717) is 5.56 Å². The second-order valence-corrected chi connectivity index (χ2v) is 5.38. The molecule has 0 atom stereocenters. The predicted molar refractivity (Wildman–Crippen MR) is 84.4 cm³/mol. The average molecular weight is 301 g/mol. The van der Waals surface area contributed by atoms with Crippen LogP contribution in [0.1, 0.15) is 22.3 Å². The monoisotopic (exact) mass is 301 g/mol. The minimum absolute atomic E-state index is 0.0841. The lowest BCUT2D eigenvalue weighted by Gasteiger charge is -2.13. The minimum Gasteiger partial charge on any atom is -0.483 e. The maximum atomic E-state index is 13.5. The summed E-state index contributed by atoms with van der Waals surface area (Å²) in [7, 11) is 0. The summed E-state index contributed by atoms with van der Waals surface area (Å²) in [6.45, 7) is 5.99. The van der Waals surface area contributed by atoms with Crippen molar-refractivity contribution in [1.29, 1.82) is 0 Å². The lowest BCUT2D eigenvalue weighted by Crippen LogP contribution is -2.29. The fourth-order valence-electron chi connectivity index (χ4n) is 2.42. The van der Waals surface area contributed by atoms with E-state index in [1.54, 1.807) is 18.2 Å². The number of carbonyl (C=O) groups is 1. The van der Waals surface area contributed by atoms with Crippen LogP contribution in [0.25, 0.3) is 0 Å². The fraction of sp³-hybridized carbons (Fsp3) is 0.278. The quantitative estimate of drug-likeness (QED) is 0.918. The van der Waals surface area contributed by atoms with Crippen molar-refractivity contribution in [3.63, 3.8) is 0 Å². The number of hydrogen-bond acceptors (Lipinski definition) is 2. The minimum atomic E-state index is -0.325. The van der Waals surface area contributed by atoms with E-state index in [9.17, 15) is 9.18 Å². The van der Waals surface area contributed by atoms with E-state index in [1.807, 2.05) is 32.9 Å². The van der Waals surface area contributed by atoms with Gasteiger partial charge in [-0.25, -0.2) is 4.39 Å². The van der Waals surface area contributed by atoms with E-state index in [0.717, 1.165) is 22.4 Å².